The number of nitrogens with two attached hydrogens (primary N) is 1. The van der Waals surface area contributed by atoms with Gasteiger partial charge < -0.3 is 10.1 Å². The molecule has 2 fully saturated rings. The van der Waals surface area contributed by atoms with Gasteiger partial charge in [-0.2, -0.15) is 5.17 Å². The molecule has 1 aliphatic carbocycles. The zero-order chi connectivity index (χ0) is 24.6. The maximum absolute atomic E-state index is 12.5. The van der Waals surface area contributed by atoms with Gasteiger partial charge in [0.15, 0.2) is 0 Å². The summed E-state index contributed by atoms with van der Waals surface area (Å²) < 4.78 is 5.39. The molecule has 35 heavy (non-hydrogen) atoms. The van der Waals surface area contributed by atoms with E-state index in [2.05, 4.69) is 34.2 Å². The predicted molar refractivity (Wildman–Crippen MR) is 132 cm³/mol. The van der Waals surface area contributed by atoms with E-state index in [1.54, 1.807) is 18.2 Å². The van der Waals surface area contributed by atoms with E-state index in [9.17, 15) is 14.8 Å². The second-order valence-corrected chi connectivity index (χ2v) is 8.78. The van der Waals surface area contributed by atoms with Gasteiger partial charge in [-0.15, -0.1) is 0 Å². The number of nitrogens with zero attached hydrogens (tertiary/aromatic N) is 2. The molecule has 1 unspecified atom stereocenters. The standard InChI is InChI=1S/C27H30N4O4/c28-31(34)27(33)25(23-13-14-23)29-26(32)24-11-9-21(10-12-24)4-2-1-3-20-5-7-22(8-6-20)19-30-15-17-35-18-16-30/h2,4-12,23,25,34H,13-19,28H2,(H,29,32)/b4-2+. The summed E-state index contributed by atoms with van der Waals surface area (Å²) in [5, 5.41) is 11.9. The van der Waals surface area contributed by atoms with Crippen LogP contribution >= 0.6 is 0 Å². The first kappa shape index (κ1) is 24.6. The highest BCUT2D eigenvalue weighted by atomic mass is 16.5. The first-order valence-electron chi connectivity index (χ1n) is 11.8. The first-order valence-corrected chi connectivity index (χ1v) is 11.8. The van der Waals surface area contributed by atoms with Crippen LogP contribution in [0.3, 0.4) is 0 Å². The van der Waals surface area contributed by atoms with Crippen LogP contribution in [0.2, 0.25) is 0 Å². The topological polar surface area (TPSA) is 108 Å². The molecule has 4 rings (SSSR count). The van der Waals surface area contributed by atoms with Crippen molar-refractivity contribution in [3.8, 4) is 11.8 Å². The van der Waals surface area contributed by atoms with Crippen molar-refractivity contribution in [1.29, 1.82) is 0 Å². The van der Waals surface area contributed by atoms with Gasteiger partial charge in [0.05, 0.1) is 13.2 Å². The van der Waals surface area contributed by atoms with Crippen LogP contribution in [0.4, 0.5) is 0 Å². The van der Waals surface area contributed by atoms with Gasteiger partial charge in [0.25, 0.3) is 11.8 Å². The Hall–Kier alpha value is -3.48. The molecular formula is C27H30N4O4. The lowest BCUT2D eigenvalue weighted by Crippen LogP contribution is -2.51. The highest BCUT2D eigenvalue weighted by Gasteiger charge is 2.39. The predicted octanol–water partition coefficient (Wildman–Crippen LogP) is 2.18. The normalized spacial score (nSPS) is 16.9. The minimum absolute atomic E-state index is 0.00593. The third-order valence-electron chi connectivity index (χ3n) is 6.08. The maximum Gasteiger partial charge on any atom is 0.283 e. The highest BCUT2D eigenvalue weighted by molar-refractivity contribution is 5.97. The first-order chi connectivity index (χ1) is 17.0. The van der Waals surface area contributed by atoms with Crippen LogP contribution in [-0.2, 0) is 16.1 Å². The van der Waals surface area contributed by atoms with Crippen LogP contribution < -0.4 is 11.2 Å². The summed E-state index contributed by atoms with van der Waals surface area (Å²) in [4.78, 5) is 26.9. The van der Waals surface area contributed by atoms with Gasteiger partial charge in [-0.3, -0.25) is 19.7 Å². The molecule has 1 saturated heterocycles. The number of allylic oxidation sites excluding steroid dienone is 1. The Morgan fingerprint density at radius 1 is 1.14 bits per heavy atom. The van der Waals surface area contributed by atoms with Crippen molar-refractivity contribution in [2.75, 3.05) is 26.3 Å². The Morgan fingerprint density at radius 2 is 1.83 bits per heavy atom. The molecule has 2 aliphatic rings. The number of hydrogen-bond donors (Lipinski definition) is 3. The SMILES string of the molecule is NN(O)C(=O)C(NC(=O)c1ccc(/C=C/C#Cc2ccc(CN3CCOCC3)cc2)cc1)C1CC1. The highest BCUT2D eigenvalue weighted by Crippen LogP contribution is 2.33. The summed E-state index contributed by atoms with van der Waals surface area (Å²) >= 11 is 0. The summed E-state index contributed by atoms with van der Waals surface area (Å²) in [7, 11) is 0. The average molecular weight is 475 g/mol. The molecule has 1 heterocycles. The molecule has 8 nitrogen and oxygen atoms in total. The van der Waals surface area contributed by atoms with Crippen molar-refractivity contribution in [2.24, 2.45) is 11.8 Å². The van der Waals surface area contributed by atoms with Gasteiger partial charge in [0.1, 0.15) is 6.04 Å². The molecular weight excluding hydrogens is 444 g/mol. The van der Waals surface area contributed by atoms with Crippen LogP contribution in [0, 0.1) is 17.8 Å². The molecule has 1 aliphatic heterocycles. The van der Waals surface area contributed by atoms with Crippen molar-refractivity contribution in [3.63, 3.8) is 0 Å². The van der Waals surface area contributed by atoms with Crippen LogP contribution in [0.25, 0.3) is 6.08 Å². The number of nitrogens with one attached hydrogen (secondary N) is 1. The minimum atomic E-state index is -0.819. The number of morpholine rings is 1. The lowest BCUT2D eigenvalue weighted by Gasteiger charge is -2.26. The number of amides is 2. The van der Waals surface area contributed by atoms with E-state index in [1.165, 1.54) is 5.56 Å². The fourth-order valence-corrected chi connectivity index (χ4v) is 3.90. The van der Waals surface area contributed by atoms with Crippen LogP contribution in [0.5, 0.6) is 0 Å². The van der Waals surface area contributed by atoms with E-state index in [0.29, 0.717) is 5.56 Å². The fraction of sp³-hybridized carbons (Fsp3) is 0.333. The quantitative estimate of drug-likeness (QED) is 0.187. The summed E-state index contributed by atoms with van der Waals surface area (Å²) in [6.45, 7) is 4.46. The molecule has 4 N–H and O–H groups in total. The van der Waals surface area contributed by atoms with Crippen molar-refractivity contribution in [1.82, 2.24) is 15.4 Å². The van der Waals surface area contributed by atoms with Gasteiger partial charge in [-0.05, 0) is 66.3 Å². The number of hydroxylamine groups is 1. The van der Waals surface area contributed by atoms with Crippen LogP contribution in [0.15, 0.2) is 54.6 Å². The van der Waals surface area contributed by atoms with Crippen molar-refractivity contribution >= 4 is 17.9 Å². The third-order valence-corrected chi connectivity index (χ3v) is 6.08. The van der Waals surface area contributed by atoms with Crippen LogP contribution in [-0.4, -0.2) is 59.4 Å². The summed E-state index contributed by atoms with van der Waals surface area (Å²) in [5.74, 6) is 10.2. The van der Waals surface area contributed by atoms with E-state index in [4.69, 9.17) is 10.6 Å². The zero-order valence-electron chi connectivity index (χ0n) is 19.5. The van der Waals surface area contributed by atoms with Gasteiger partial charge >= 0.3 is 0 Å². The molecule has 182 valence electrons. The van der Waals surface area contributed by atoms with Crippen LogP contribution in [0.1, 0.15) is 39.9 Å². The second-order valence-electron chi connectivity index (χ2n) is 8.78. The molecule has 0 radical (unpaired) electrons. The molecule has 0 aromatic heterocycles. The van der Waals surface area contributed by atoms with Gasteiger partial charge in [-0.1, -0.05) is 36.1 Å². The molecule has 2 aromatic carbocycles. The molecule has 2 aromatic rings. The van der Waals surface area contributed by atoms with Crippen molar-refractivity contribution in [3.05, 3.63) is 76.9 Å². The van der Waals surface area contributed by atoms with E-state index in [1.807, 2.05) is 30.3 Å². The van der Waals surface area contributed by atoms with E-state index >= 15 is 0 Å². The Morgan fingerprint density at radius 3 is 2.46 bits per heavy atom. The lowest BCUT2D eigenvalue weighted by molar-refractivity contribution is -0.169. The number of hydrogen-bond acceptors (Lipinski definition) is 6. The van der Waals surface area contributed by atoms with E-state index < -0.39 is 11.9 Å². The largest absolute Gasteiger partial charge is 0.379 e. The summed E-state index contributed by atoms with van der Waals surface area (Å²) in [6, 6.07) is 14.5. The molecule has 8 heteroatoms. The van der Waals surface area contributed by atoms with Gasteiger partial charge in [0, 0.05) is 30.8 Å². The van der Waals surface area contributed by atoms with Crippen molar-refractivity contribution < 1.29 is 19.5 Å². The summed E-state index contributed by atoms with van der Waals surface area (Å²) in [5.41, 5.74) is 3.54. The van der Waals surface area contributed by atoms with Gasteiger partial charge in [-0.25, -0.2) is 5.84 Å². The Labute approximate surface area is 205 Å². The average Bonchev–Trinajstić information content (AvgIpc) is 3.72. The number of rotatable bonds is 7. The van der Waals surface area contributed by atoms with E-state index in [-0.39, 0.29) is 17.0 Å². The lowest BCUT2D eigenvalue weighted by atomic mass is 10.1. The number of carbonyl (C=O) groups is 2. The third kappa shape index (κ3) is 7.25. The monoisotopic (exact) mass is 474 g/mol. The van der Waals surface area contributed by atoms with Crippen molar-refractivity contribution in [2.45, 2.75) is 25.4 Å². The minimum Gasteiger partial charge on any atom is -0.379 e. The molecule has 0 bridgehead atoms. The Kier molecular flexibility index (Phi) is 8.29. The Bertz CT molecular complexity index is 1110. The van der Waals surface area contributed by atoms with E-state index in [0.717, 1.165) is 56.8 Å². The van der Waals surface area contributed by atoms with Gasteiger partial charge in [0.2, 0.25) is 0 Å². The summed E-state index contributed by atoms with van der Waals surface area (Å²) in [6.07, 6.45) is 5.27. The zero-order valence-corrected chi connectivity index (χ0v) is 19.5. The second kappa shape index (κ2) is 11.8. The number of hydrazine groups is 1. The molecule has 1 saturated carbocycles. The number of benzene rings is 2. The molecule has 0 spiro atoms. The fourth-order valence-electron chi connectivity index (χ4n) is 3.90. The molecule has 1 atom stereocenters. The number of ether oxygens (including phenoxy) is 1. The molecule has 2 amide bonds. The number of carbonyl (C=O) groups excluding carboxylic acids is 2. The Balaban J connectivity index is 1.28. The maximum atomic E-state index is 12.5. The smallest absolute Gasteiger partial charge is 0.283 e.